The molecule has 6 nitrogen and oxygen atoms in total. The van der Waals surface area contributed by atoms with E-state index in [1.807, 2.05) is 60.8 Å². The molecule has 6 heteroatoms. The van der Waals surface area contributed by atoms with E-state index in [0.29, 0.717) is 17.4 Å². The maximum atomic E-state index is 13.1. The SMILES string of the molecule is COc1cccc(Cn2cnc3ccc(-c4c[nH]c5ncccc45)cc3c2=O)c1. The summed E-state index contributed by atoms with van der Waals surface area (Å²) in [6.07, 6.45) is 5.27. The van der Waals surface area contributed by atoms with Crippen molar-refractivity contribution in [3.8, 4) is 16.9 Å². The fourth-order valence-electron chi connectivity index (χ4n) is 3.60. The summed E-state index contributed by atoms with van der Waals surface area (Å²) in [7, 11) is 1.63. The van der Waals surface area contributed by atoms with Crippen molar-refractivity contribution in [2.45, 2.75) is 6.54 Å². The van der Waals surface area contributed by atoms with Crippen LogP contribution in [0.3, 0.4) is 0 Å². The van der Waals surface area contributed by atoms with E-state index in [4.69, 9.17) is 4.74 Å². The molecule has 0 saturated carbocycles. The molecule has 29 heavy (non-hydrogen) atoms. The van der Waals surface area contributed by atoms with E-state index in [2.05, 4.69) is 15.0 Å². The molecule has 0 atom stereocenters. The van der Waals surface area contributed by atoms with Gasteiger partial charge in [0, 0.05) is 23.3 Å². The van der Waals surface area contributed by atoms with Gasteiger partial charge >= 0.3 is 0 Å². The Labute approximate surface area is 166 Å². The Hall–Kier alpha value is -3.93. The van der Waals surface area contributed by atoms with Gasteiger partial charge in [0.05, 0.1) is 30.9 Å². The van der Waals surface area contributed by atoms with Crippen LogP contribution in [0.15, 0.2) is 78.1 Å². The molecule has 5 aromatic rings. The van der Waals surface area contributed by atoms with Gasteiger partial charge in [-0.1, -0.05) is 18.2 Å². The minimum Gasteiger partial charge on any atom is -0.497 e. The maximum absolute atomic E-state index is 13.1. The molecule has 3 heterocycles. The molecule has 0 saturated heterocycles. The first-order valence-electron chi connectivity index (χ1n) is 9.27. The number of hydrogen-bond donors (Lipinski definition) is 1. The van der Waals surface area contributed by atoms with Gasteiger partial charge in [-0.3, -0.25) is 9.36 Å². The van der Waals surface area contributed by atoms with Crippen LogP contribution in [0.4, 0.5) is 0 Å². The van der Waals surface area contributed by atoms with Crippen LogP contribution in [0.5, 0.6) is 5.75 Å². The zero-order chi connectivity index (χ0) is 19.8. The normalized spacial score (nSPS) is 11.2. The Balaban J connectivity index is 1.60. The lowest BCUT2D eigenvalue weighted by molar-refractivity contribution is 0.414. The monoisotopic (exact) mass is 382 g/mol. The maximum Gasteiger partial charge on any atom is 0.261 e. The predicted molar refractivity (Wildman–Crippen MR) is 113 cm³/mol. The molecule has 5 rings (SSSR count). The lowest BCUT2D eigenvalue weighted by Crippen LogP contribution is -2.21. The van der Waals surface area contributed by atoms with E-state index < -0.39 is 0 Å². The molecule has 1 N–H and O–H groups in total. The highest BCUT2D eigenvalue weighted by Crippen LogP contribution is 2.28. The number of nitrogens with zero attached hydrogens (tertiary/aromatic N) is 3. The zero-order valence-corrected chi connectivity index (χ0v) is 15.8. The number of rotatable bonds is 4. The third-order valence-electron chi connectivity index (χ3n) is 5.07. The van der Waals surface area contributed by atoms with Crippen molar-refractivity contribution in [1.82, 2.24) is 19.5 Å². The standard InChI is InChI=1S/C23H18N4O2/c1-29-17-5-2-4-15(10-17)13-27-14-26-21-8-7-16(11-19(21)23(27)28)20-12-25-22-18(20)6-3-9-24-22/h2-12,14H,13H2,1H3,(H,24,25). The predicted octanol–water partition coefficient (Wildman–Crippen LogP) is 4.00. The number of pyridine rings is 1. The molecule has 0 unspecified atom stereocenters. The Morgan fingerprint density at radius 3 is 2.86 bits per heavy atom. The number of aromatic nitrogens is 4. The molecule has 0 fully saturated rings. The number of aromatic amines is 1. The fraction of sp³-hybridized carbons (Fsp3) is 0.0870. The van der Waals surface area contributed by atoms with E-state index >= 15 is 0 Å². The Morgan fingerprint density at radius 2 is 1.97 bits per heavy atom. The summed E-state index contributed by atoms with van der Waals surface area (Å²) in [4.78, 5) is 25.1. The Kier molecular flexibility index (Phi) is 4.09. The minimum atomic E-state index is -0.0716. The van der Waals surface area contributed by atoms with Crippen LogP contribution in [0, 0.1) is 0 Å². The fourth-order valence-corrected chi connectivity index (χ4v) is 3.60. The first kappa shape index (κ1) is 17.2. The summed E-state index contributed by atoms with van der Waals surface area (Å²) in [5.74, 6) is 0.763. The largest absolute Gasteiger partial charge is 0.497 e. The third-order valence-corrected chi connectivity index (χ3v) is 5.07. The average Bonchev–Trinajstić information content (AvgIpc) is 3.20. The van der Waals surface area contributed by atoms with Crippen LogP contribution in [0.2, 0.25) is 0 Å². The molecule has 2 aromatic carbocycles. The van der Waals surface area contributed by atoms with Gasteiger partial charge in [-0.05, 0) is 47.5 Å². The lowest BCUT2D eigenvalue weighted by atomic mass is 10.0. The van der Waals surface area contributed by atoms with Crippen LogP contribution >= 0.6 is 0 Å². The molecule has 142 valence electrons. The number of H-pyrrole nitrogens is 1. The van der Waals surface area contributed by atoms with Gasteiger partial charge in [0.1, 0.15) is 11.4 Å². The molecule has 0 amide bonds. The molecule has 0 spiro atoms. The van der Waals surface area contributed by atoms with E-state index in [1.54, 1.807) is 24.2 Å². The number of methoxy groups -OCH3 is 1. The van der Waals surface area contributed by atoms with Crippen LogP contribution in [-0.2, 0) is 6.54 Å². The highest BCUT2D eigenvalue weighted by Gasteiger charge is 2.10. The average molecular weight is 382 g/mol. The van der Waals surface area contributed by atoms with Gasteiger partial charge in [-0.25, -0.2) is 9.97 Å². The minimum absolute atomic E-state index is 0.0716. The topological polar surface area (TPSA) is 72.8 Å². The third kappa shape index (κ3) is 3.04. The van der Waals surface area contributed by atoms with Gasteiger partial charge in [0.2, 0.25) is 0 Å². The molecule has 0 radical (unpaired) electrons. The van der Waals surface area contributed by atoms with Crippen LogP contribution in [-0.4, -0.2) is 26.6 Å². The molecule has 0 aliphatic carbocycles. The van der Waals surface area contributed by atoms with Crippen LogP contribution in [0.1, 0.15) is 5.56 Å². The Morgan fingerprint density at radius 1 is 1.03 bits per heavy atom. The second-order valence-corrected chi connectivity index (χ2v) is 6.86. The van der Waals surface area contributed by atoms with Crippen molar-refractivity contribution in [3.63, 3.8) is 0 Å². The van der Waals surface area contributed by atoms with Crippen LogP contribution < -0.4 is 10.3 Å². The summed E-state index contributed by atoms with van der Waals surface area (Å²) in [5.41, 5.74) is 4.37. The van der Waals surface area contributed by atoms with Crippen molar-refractivity contribution in [3.05, 3.63) is 89.2 Å². The van der Waals surface area contributed by atoms with Crippen molar-refractivity contribution in [1.29, 1.82) is 0 Å². The second-order valence-electron chi connectivity index (χ2n) is 6.86. The molecular weight excluding hydrogens is 364 g/mol. The number of benzene rings is 2. The second kappa shape index (κ2) is 6.91. The zero-order valence-electron chi connectivity index (χ0n) is 15.8. The number of hydrogen-bond acceptors (Lipinski definition) is 4. The van der Waals surface area contributed by atoms with Crippen molar-refractivity contribution >= 4 is 21.9 Å². The van der Waals surface area contributed by atoms with Crippen LogP contribution in [0.25, 0.3) is 33.1 Å². The summed E-state index contributed by atoms with van der Waals surface area (Å²) in [5, 5.41) is 1.61. The van der Waals surface area contributed by atoms with E-state index in [1.165, 1.54) is 0 Å². The van der Waals surface area contributed by atoms with Gasteiger partial charge in [-0.15, -0.1) is 0 Å². The molecule has 0 aliphatic rings. The summed E-state index contributed by atoms with van der Waals surface area (Å²) in [6, 6.07) is 17.4. The molecule has 0 aliphatic heterocycles. The molecule has 0 bridgehead atoms. The number of ether oxygens (including phenoxy) is 1. The first-order chi connectivity index (χ1) is 14.2. The van der Waals surface area contributed by atoms with Gasteiger partial charge in [-0.2, -0.15) is 0 Å². The van der Waals surface area contributed by atoms with Crippen molar-refractivity contribution < 1.29 is 4.74 Å². The summed E-state index contributed by atoms with van der Waals surface area (Å²) in [6.45, 7) is 0.431. The molecular formula is C23H18N4O2. The van der Waals surface area contributed by atoms with Gasteiger partial charge < -0.3 is 9.72 Å². The Bertz CT molecular complexity index is 1400. The summed E-state index contributed by atoms with van der Waals surface area (Å²) < 4.78 is 6.90. The van der Waals surface area contributed by atoms with Crippen molar-refractivity contribution in [2.24, 2.45) is 0 Å². The molecule has 3 aromatic heterocycles. The highest BCUT2D eigenvalue weighted by molar-refractivity contribution is 5.96. The van der Waals surface area contributed by atoms with Crippen molar-refractivity contribution in [2.75, 3.05) is 7.11 Å². The quantitative estimate of drug-likeness (QED) is 0.510. The first-order valence-corrected chi connectivity index (χ1v) is 9.27. The van der Waals surface area contributed by atoms with E-state index in [9.17, 15) is 4.79 Å². The summed E-state index contributed by atoms with van der Waals surface area (Å²) >= 11 is 0. The van der Waals surface area contributed by atoms with Gasteiger partial charge in [0.25, 0.3) is 5.56 Å². The smallest absolute Gasteiger partial charge is 0.261 e. The number of fused-ring (bicyclic) bond motifs is 2. The lowest BCUT2D eigenvalue weighted by Gasteiger charge is -2.09. The highest BCUT2D eigenvalue weighted by atomic mass is 16.5. The van der Waals surface area contributed by atoms with E-state index in [0.717, 1.165) is 33.5 Å². The van der Waals surface area contributed by atoms with E-state index in [-0.39, 0.29) is 5.56 Å². The van der Waals surface area contributed by atoms with Gasteiger partial charge in [0.15, 0.2) is 0 Å². The number of nitrogens with one attached hydrogen (secondary N) is 1.